The van der Waals surface area contributed by atoms with E-state index in [1.165, 1.54) is 0 Å². The van der Waals surface area contributed by atoms with Crippen LogP contribution in [0.15, 0.2) is 43.0 Å². The standard InChI is InChI=1S/C27H33N9O4/c1-35-19(15-31-27(35)34-37)17-39-21-13-22-23(30-16-21)14-24(36-9-11-38-12-10-36)33-25(22)40-20-5-3-18(4-6-20)32-26-28-7-2-8-29-26/h2,7-8,13-16,18,20,37H,3-6,9-12,17H2,1H3,(H,31,34)(H,28,29,32)/t18-,20+. The maximum absolute atomic E-state index is 9.17. The van der Waals surface area contributed by atoms with Gasteiger partial charge in [0.1, 0.15) is 24.3 Å². The van der Waals surface area contributed by atoms with Crippen LogP contribution in [0.2, 0.25) is 0 Å². The molecule has 1 aliphatic heterocycles. The normalized spacial score (nSPS) is 19.4. The highest BCUT2D eigenvalue weighted by Crippen LogP contribution is 2.33. The summed E-state index contributed by atoms with van der Waals surface area (Å²) in [6, 6.07) is 6.04. The number of ether oxygens (including phenoxy) is 3. The average molecular weight is 548 g/mol. The number of fused-ring (bicyclic) bond motifs is 1. The molecule has 210 valence electrons. The van der Waals surface area contributed by atoms with E-state index in [0.717, 1.165) is 61.2 Å². The molecular formula is C27H33N9O4. The average Bonchev–Trinajstić information content (AvgIpc) is 3.37. The van der Waals surface area contributed by atoms with Gasteiger partial charge in [-0.05, 0) is 37.8 Å². The van der Waals surface area contributed by atoms with Gasteiger partial charge in [-0.25, -0.2) is 20.4 Å². The zero-order valence-corrected chi connectivity index (χ0v) is 22.4. The predicted octanol–water partition coefficient (Wildman–Crippen LogP) is 3.17. The molecule has 0 atom stereocenters. The van der Waals surface area contributed by atoms with E-state index in [1.807, 2.05) is 18.2 Å². The summed E-state index contributed by atoms with van der Waals surface area (Å²) in [5.41, 5.74) is 3.65. The number of morpholine rings is 1. The van der Waals surface area contributed by atoms with E-state index in [2.05, 4.69) is 30.6 Å². The first kappa shape index (κ1) is 26.0. The van der Waals surface area contributed by atoms with Crippen molar-refractivity contribution in [3.05, 3.63) is 48.7 Å². The minimum Gasteiger partial charge on any atom is -0.486 e. The van der Waals surface area contributed by atoms with Crippen LogP contribution in [0.25, 0.3) is 10.9 Å². The van der Waals surface area contributed by atoms with E-state index in [0.29, 0.717) is 42.8 Å². The molecule has 0 amide bonds. The largest absolute Gasteiger partial charge is 0.486 e. The number of rotatable bonds is 9. The first-order valence-electron chi connectivity index (χ1n) is 13.5. The molecule has 3 N–H and O–H groups in total. The number of nitrogens with zero attached hydrogens (tertiary/aromatic N) is 7. The minimum atomic E-state index is 0.0359. The van der Waals surface area contributed by atoms with E-state index in [1.54, 1.807) is 36.4 Å². The van der Waals surface area contributed by atoms with Gasteiger partial charge in [0.2, 0.25) is 17.8 Å². The summed E-state index contributed by atoms with van der Waals surface area (Å²) in [6.07, 6.45) is 10.6. The summed E-state index contributed by atoms with van der Waals surface area (Å²) < 4.78 is 19.9. The van der Waals surface area contributed by atoms with Crippen molar-refractivity contribution in [1.29, 1.82) is 0 Å². The summed E-state index contributed by atoms with van der Waals surface area (Å²) in [5, 5.41) is 13.4. The number of aromatic nitrogens is 6. The molecule has 0 bridgehead atoms. The van der Waals surface area contributed by atoms with Gasteiger partial charge in [0.15, 0.2) is 0 Å². The van der Waals surface area contributed by atoms with Gasteiger partial charge in [0.25, 0.3) is 0 Å². The van der Waals surface area contributed by atoms with Gasteiger partial charge in [0, 0.05) is 44.6 Å². The van der Waals surface area contributed by atoms with Crippen LogP contribution in [0.5, 0.6) is 11.6 Å². The topological polar surface area (TPSA) is 145 Å². The number of nitrogens with one attached hydrogen (secondary N) is 2. The molecule has 1 aliphatic carbocycles. The van der Waals surface area contributed by atoms with Gasteiger partial charge < -0.3 is 29.0 Å². The maximum Gasteiger partial charge on any atom is 0.227 e. The lowest BCUT2D eigenvalue weighted by Gasteiger charge is -2.31. The summed E-state index contributed by atoms with van der Waals surface area (Å²) in [6.45, 7) is 3.13. The van der Waals surface area contributed by atoms with Crippen molar-refractivity contribution in [2.45, 2.75) is 44.4 Å². The maximum atomic E-state index is 9.17. The minimum absolute atomic E-state index is 0.0359. The second-order valence-corrected chi connectivity index (χ2v) is 9.96. The van der Waals surface area contributed by atoms with Gasteiger partial charge in [-0.1, -0.05) is 0 Å². The van der Waals surface area contributed by atoms with Crippen molar-refractivity contribution >= 4 is 28.6 Å². The fourth-order valence-electron chi connectivity index (χ4n) is 5.06. The van der Waals surface area contributed by atoms with Crippen LogP contribution in [0.1, 0.15) is 31.4 Å². The molecule has 2 aliphatic rings. The summed E-state index contributed by atoms with van der Waals surface area (Å²) in [7, 11) is 1.79. The quantitative estimate of drug-likeness (QED) is 0.265. The monoisotopic (exact) mass is 547 g/mol. The van der Waals surface area contributed by atoms with Gasteiger partial charge in [-0.2, -0.15) is 4.98 Å². The van der Waals surface area contributed by atoms with Crippen LogP contribution in [0.3, 0.4) is 0 Å². The molecule has 4 aromatic rings. The van der Waals surface area contributed by atoms with Crippen molar-refractivity contribution in [3.63, 3.8) is 0 Å². The Bertz CT molecular complexity index is 1420. The molecule has 4 aromatic heterocycles. The molecule has 1 saturated carbocycles. The van der Waals surface area contributed by atoms with Crippen LogP contribution in [-0.4, -0.2) is 73.1 Å². The van der Waals surface area contributed by atoms with E-state index in [4.69, 9.17) is 24.2 Å². The van der Waals surface area contributed by atoms with Crippen LogP contribution in [-0.2, 0) is 18.4 Å². The van der Waals surface area contributed by atoms with Gasteiger partial charge in [-0.3, -0.25) is 10.2 Å². The van der Waals surface area contributed by atoms with Crippen molar-refractivity contribution in [2.24, 2.45) is 7.05 Å². The lowest BCUT2D eigenvalue weighted by molar-refractivity contribution is 0.122. The zero-order chi connectivity index (χ0) is 27.3. The van der Waals surface area contributed by atoms with Crippen LogP contribution >= 0.6 is 0 Å². The molecule has 13 heteroatoms. The molecule has 0 unspecified atom stereocenters. The highest BCUT2D eigenvalue weighted by Gasteiger charge is 2.25. The van der Waals surface area contributed by atoms with E-state index >= 15 is 0 Å². The first-order valence-corrected chi connectivity index (χ1v) is 13.5. The number of hydrogen-bond acceptors (Lipinski definition) is 12. The SMILES string of the molecule is Cn1c(COc2cnc3cc(N4CCOCC4)nc(O[C@H]4CC[C@@H](Nc5ncccn5)CC4)c3c2)cnc1NO. The van der Waals surface area contributed by atoms with Gasteiger partial charge in [0.05, 0.1) is 42.2 Å². The second kappa shape index (κ2) is 11.9. The van der Waals surface area contributed by atoms with Crippen molar-refractivity contribution in [2.75, 3.05) is 42.0 Å². The van der Waals surface area contributed by atoms with Crippen molar-refractivity contribution in [1.82, 2.24) is 29.5 Å². The lowest BCUT2D eigenvalue weighted by atomic mass is 9.93. The predicted molar refractivity (Wildman–Crippen MR) is 148 cm³/mol. The summed E-state index contributed by atoms with van der Waals surface area (Å²) in [5.74, 6) is 2.99. The fraction of sp³-hybridized carbons (Fsp3) is 0.444. The molecule has 6 rings (SSSR count). The number of pyridine rings is 2. The first-order chi connectivity index (χ1) is 19.7. The van der Waals surface area contributed by atoms with Crippen LogP contribution in [0.4, 0.5) is 17.7 Å². The Kier molecular flexibility index (Phi) is 7.73. The molecule has 0 spiro atoms. The van der Waals surface area contributed by atoms with Gasteiger partial charge >= 0.3 is 0 Å². The Morgan fingerprint density at radius 2 is 1.82 bits per heavy atom. The lowest BCUT2D eigenvalue weighted by Crippen LogP contribution is -2.37. The van der Waals surface area contributed by atoms with E-state index in [9.17, 15) is 5.21 Å². The zero-order valence-electron chi connectivity index (χ0n) is 22.4. The van der Waals surface area contributed by atoms with Crippen molar-refractivity contribution in [3.8, 4) is 11.6 Å². The number of anilines is 3. The highest BCUT2D eigenvalue weighted by atomic mass is 16.5. The molecule has 40 heavy (non-hydrogen) atoms. The molecule has 0 aromatic carbocycles. The van der Waals surface area contributed by atoms with Crippen LogP contribution < -0.4 is 25.2 Å². The Hall–Kier alpha value is -4.23. The molecule has 2 fully saturated rings. The Morgan fingerprint density at radius 1 is 1.02 bits per heavy atom. The van der Waals surface area contributed by atoms with E-state index < -0.39 is 0 Å². The summed E-state index contributed by atoms with van der Waals surface area (Å²) >= 11 is 0. The smallest absolute Gasteiger partial charge is 0.227 e. The molecular weight excluding hydrogens is 514 g/mol. The summed E-state index contributed by atoms with van der Waals surface area (Å²) in [4.78, 5) is 24.6. The third kappa shape index (κ3) is 5.84. The fourth-order valence-corrected chi connectivity index (χ4v) is 5.06. The van der Waals surface area contributed by atoms with Crippen LogP contribution in [0, 0.1) is 0 Å². The van der Waals surface area contributed by atoms with Gasteiger partial charge in [-0.15, -0.1) is 0 Å². The second-order valence-electron chi connectivity index (χ2n) is 9.96. The molecule has 5 heterocycles. The third-order valence-corrected chi connectivity index (χ3v) is 7.36. The third-order valence-electron chi connectivity index (χ3n) is 7.36. The van der Waals surface area contributed by atoms with E-state index in [-0.39, 0.29) is 12.7 Å². The number of imidazole rings is 1. The van der Waals surface area contributed by atoms with Crippen molar-refractivity contribution < 1.29 is 19.4 Å². The molecule has 0 radical (unpaired) electrons. The Balaban J connectivity index is 1.20. The molecule has 13 nitrogen and oxygen atoms in total. The number of hydrogen-bond donors (Lipinski definition) is 3. The molecule has 1 saturated heterocycles. The Labute approximate surface area is 231 Å². The Morgan fingerprint density at radius 3 is 2.58 bits per heavy atom. The highest BCUT2D eigenvalue weighted by molar-refractivity contribution is 5.87.